The van der Waals surface area contributed by atoms with E-state index in [9.17, 15) is 19.7 Å². The lowest BCUT2D eigenvalue weighted by Crippen LogP contribution is -2.29. The SMILES string of the molecule is CCOc1cccc(N2C(=O)c3cccc([N+](=O)[O-])c3C2=O)c1. The van der Waals surface area contributed by atoms with E-state index in [1.165, 1.54) is 18.2 Å². The number of rotatable bonds is 4. The number of benzene rings is 2. The molecule has 0 aromatic heterocycles. The molecule has 0 radical (unpaired) electrons. The molecule has 2 amide bonds. The molecule has 2 aromatic carbocycles. The van der Waals surface area contributed by atoms with Crippen LogP contribution in [0.5, 0.6) is 5.75 Å². The van der Waals surface area contributed by atoms with Gasteiger partial charge in [0, 0.05) is 12.1 Å². The lowest BCUT2D eigenvalue weighted by Gasteiger charge is -2.14. The van der Waals surface area contributed by atoms with Gasteiger partial charge >= 0.3 is 0 Å². The predicted molar refractivity (Wildman–Crippen MR) is 81.8 cm³/mol. The van der Waals surface area contributed by atoms with Gasteiger partial charge in [-0.15, -0.1) is 0 Å². The van der Waals surface area contributed by atoms with Gasteiger partial charge in [-0.1, -0.05) is 12.1 Å². The predicted octanol–water partition coefficient (Wildman–Crippen LogP) is 2.79. The Bertz CT molecular complexity index is 831. The molecule has 1 aliphatic rings. The van der Waals surface area contributed by atoms with Gasteiger partial charge in [0.2, 0.25) is 0 Å². The lowest BCUT2D eigenvalue weighted by molar-refractivity contribution is -0.385. The lowest BCUT2D eigenvalue weighted by atomic mass is 10.1. The molecular weight excluding hydrogens is 300 g/mol. The normalized spacial score (nSPS) is 13.2. The number of anilines is 1. The highest BCUT2D eigenvalue weighted by atomic mass is 16.6. The first-order valence-corrected chi connectivity index (χ1v) is 6.93. The molecule has 7 nitrogen and oxygen atoms in total. The number of carbonyl (C=O) groups is 2. The Morgan fingerprint density at radius 2 is 1.87 bits per heavy atom. The summed E-state index contributed by atoms with van der Waals surface area (Å²) in [5, 5.41) is 11.1. The highest BCUT2D eigenvalue weighted by molar-refractivity contribution is 6.35. The number of ether oxygens (including phenoxy) is 1. The molecule has 0 atom stereocenters. The number of carbonyl (C=O) groups excluding carboxylic acids is 2. The van der Waals surface area contributed by atoms with Crippen molar-refractivity contribution in [3.8, 4) is 5.75 Å². The number of hydrogen-bond donors (Lipinski definition) is 0. The van der Waals surface area contributed by atoms with Gasteiger partial charge in [-0.2, -0.15) is 0 Å². The zero-order valence-corrected chi connectivity index (χ0v) is 12.2. The van der Waals surface area contributed by atoms with E-state index < -0.39 is 16.7 Å². The molecule has 0 saturated carbocycles. The zero-order chi connectivity index (χ0) is 16.6. The monoisotopic (exact) mass is 312 g/mol. The molecule has 2 aromatic rings. The van der Waals surface area contributed by atoms with E-state index in [1.807, 2.05) is 6.92 Å². The largest absolute Gasteiger partial charge is 0.494 e. The van der Waals surface area contributed by atoms with E-state index in [1.54, 1.807) is 24.3 Å². The van der Waals surface area contributed by atoms with Crippen molar-refractivity contribution >= 4 is 23.2 Å². The Morgan fingerprint density at radius 1 is 1.13 bits per heavy atom. The van der Waals surface area contributed by atoms with E-state index in [-0.39, 0.29) is 16.8 Å². The van der Waals surface area contributed by atoms with Crippen molar-refractivity contribution < 1.29 is 19.2 Å². The highest BCUT2D eigenvalue weighted by Gasteiger charge is 2.41. The molecule has 1 heterocycles. The fourth-order valence-corrected chi connectivity index (χ4v) is 2.53. The number of nitro benzene ring substituents is 1. The first-order chi connectivity index (χ1) is 11.0. The van der Waals surface area contributed by atoms with Crippen molar-refractivity contribution in [2.75, 3.05) is 11.5 Å². The van der Waals surface area contributed by atoms with Crippen LogP contribution in [0.1, 0.15) is 27.6 Å². The number of amides is 2. The Kier molecular flexibility index (Phi) is 3.53. The first-order valence-electron chi connectivity index (χ1n) is 6.93. The maximum atomic E-state index is 12.6. The average Bonchev–Trinajstić information content (AvgIpc) is 2.79. The van der Waals surface area contributed by atoms with Crippen LogP contribution in [-0.4, -0.2) is 23.3 Å². The minimum absolute atomic E-state index is 0.0333. The van der Waals surface area contributed by atoms with E-state index in [0.29, 0.717) is 18.0 Å². The highest BCUT2D eigenvalue weighted by Crippen LogP contribution is 2.34. The topological polar surface area (TPSA) is 89.8 Å². The minimum atomic E-state index is -0.703. The zero-order valence-electron chi connectivity index (χ0n) is 12.2. The van der Waals surface area contributed by atoms with Crippen LogP contribution in [0.4, 0.5) is 11.4 Å². The molecule has 23 heavy (non-hydrogen) atoms. The fourth-order valence-electron chi connectivity index (χ4n) is 2.53. The third-order valence-electron chi connectivity index (χ3n) is 3.48. The second-order valence-electron chi connectivity index (χ2n) is 4.83. The van der Waals surface area contributed by atoms with Gasteiger partial charge in [0.15, 0.2) is 0 Å². The first kappa shape index (κ1) is 14.7. The second kappa shape index (κ2) is 5.53. The summed E-state index contributed by atoms with van der Waals surface area (Å²) in [6, 6.07) is 10.5. The van der Waals surface area contributed by atoms with E-state index >= 15 is 0 Å². The van der Waals surface area contributed by atoms with Crippen LogP contribution in [-0.2, 0) is 0 Å². The van der Waals surface area contributed by atoms with E-state index in [0.717, 1.165) is 4.90 Å². The molecule has 0 bridgehead atoms. The molecule has 0 N–H and O–H groups in total. The minimum Gasteiger partial charge on any atom is -0.494 e. The van der Waals surface area contributed by atoms with Crippen LogP contribution in [0.3, 0.4) is 0 Å². The molecule has 0 spiro atoms. The second-order valence-corrected chi connectivity index (χ2v) is 4.83. The summed E-state index contributed by atoms with van der Waals surface area (Å²) in [7, 11) is 0. The maximum Gasteiger partial charge on any atom is 0.283 e. The Morgan fingerprint density at radius 3 is 2.57 bits per heavy atom. The van der Waals surface area contributed by atoms with Crippen molar-refractivity contribution in [3.05, 3.63) is 63.7 Å². The molecule has 0 unspecified atom stereocenters. The van der Waals surface area contributed by atoms with Crippen molar-refractivity contribution in [1.29, 1.82) is 0 Å². The molecule has 116 valence electrons. The Hall–Kier alpha value is -3.22. The molecule has 0 fully saturated rings. The van der Waals surface area contributed by atoms with Crippen LogP contribution in [0.25, 0.3) is 0 Å². The van der Waals surface area contributed by atoms with Gasteiger partial charge in [0.05, 0.1) is 22.8 Å². The van der Waals surface area contributed by atoms with Crippen LogP contribution in [0.15, 0.2) is 42.5 Å². The third-order valence-corrected chi connectivity index (χ3v) is 3.48. The number of fused-ring (bicyclic) bond motifs is 1. The van der Waals surface area contributed by atoms with Crippen LogP contribution >= 0.6 is 0 Å². The van der Waals surface area contributed by atoms with Crippen molar-refractivity contribution in [1.82, 2.24) is 0 Å². The van der Waals surface area contributed by atoms with Crippen molar-refractivity contribution in [3.63, 3.8) is 0 Å². The van der Waals surface area contributed by atoms with Gasteiger partial charge in [-0.05, 0) is 25.1 Å². The summed E-state index contributed by atoms with van der Waals surface area (Å²) >= 11 is 0. The molecule has 0 saturated heterocycles. The molecule has 1 aliphatic heterocycles. The smallest absolute Gasteiger partial charge is 0.283 e. The quantitative estimate of drug-likeness (QED) is 0.492. The van der Waals surface area contributed by atoms with Crippen LogP contribution in [0, 0.1) is 10.1 Å². The summed E-state index contributed by atoms with van der Waals surface area (Å²) in [5.41, 5.74) is -0.198. The van der Waals surface area contributed by atoms with E-state index in [2.05, 4.69) is 0 Å². The summed E-state index contributed by atoms with van der Waals surface area (Å²) < 4.78 is 5.36. The Balaban J connectivity index is 2.09. The van der Waals surface area contributed by atoms with Gasteiger partial charge in [-0.25, -0.2) is 4.90 Å². The van der Waals surface area contributed by atoms with E-state index in [4.69, 9.17) is 4.74 Å². The summed E-state index contributed by atoms with van der Waals surface area (Å²) in [5.74, 6) is -0.774. The fraction of sp³-hybridized carbons (Fsp3) is 0.125. The summed E-state index contributed by atoms with van der Waals surface area (Å²) in [6.07, 6.45) is 0. The average molecular weight is 312 g/mol. The van der Waals surface area contributed by atoms with Gasteiger partial charge in [0.1, 0.15) is 11.3 Å². The van der Waals surface area contributed by atoms with Gasteiger partial charge in [0.25, 0.3) is 17.5 Å². The number of nitro groups is 1. The number of nitrogens with zero attached hydrogens (tertiary/aromatic N) is 2. The number of imide groups is 1. The van der Waals surface area contributed by atoms with Crippen LogP contribution in [0.2, 0.25) is 0 Å². The number of hydrogen-bond acceptors (Lipinski definition) is 5. The Labute approximate surface area is 131 Å². The third kappa shape index (κ3) is 2.32. The van der Waals surface area contributed by atoms with Crippen molar-refractivity contribution in [2.45, 2.75) is 6.92 Å². The molecule has 0 aliphatic carbocycles. The van der Waals surface area contributed by atoms with Crippen molar-refractivity contribution in [2.24, 2.45) is 0 Å². The molecule has 3 rings (SSSR count). The van der Waals surface area contributed by atoms with Gasteiger partial charge < -0.3 is 4.74 Å². The molecule has 7 heteroatoms. The molecular formula is C16H12N2O5. The standard InChI is InChI=1S/C16H12N2O5/c1-2-23-11-6-3-5-10(9-11)17-15(19)12-7-4-8-13(18(21)22)14(12)16(17)20/h3-9H,2H2,1H3. The van der Waals surface area contributed by atoms with Crippen LogP contribution < -0.4 is 9.64 Å². The summed E-state index contributed by atoms with van der Waals surface area (Å²) in [4.78, 5) is 36.4. The maximum absolute atomic E-state index is 12.6. The summed E-state index contributed by atoms with van der Waals surface area (Å²) in [6.45, 7) is 2.26. The van der Waals surface area contributed by atoms with Gasteiger partial charge in [-0.3, -0.25) is 19.7 Å².